The summed E-state index contributed by atoms with van der Waals surface area (Å²) in [5.41, 5.74) is 0.408. The maximum atomic E-state index is 12.8. The highest BCUT2D eigenvalue weighted by atomic mass is 19.4. The van der Waals surface area contributed by atoms with Crippen molar-refractivity contribution in [2.24, 2.45) is 0 Å². The molecule has 2 fully saturated rings. The van der Waals surface area contributed by atoms with Crippen LogP contribution < -0.4 is 15.1 Å². The van der Waals surface area contributed by atoms with E-state index in [9.17, 15) is 22.8 Å². The summed E-state index contributed by atoms with van der Waals surface area (Å²) in [6.45, 7) is 1.79. The Labute approximate surface area is 178 Å². The summed E-state index contributed by atoms with van der Waals surface area (Å²) in [6, 6.07) is 9.24. The zero-order valence-corrected chi connectivity index (χ0v) is 16.9. The quantitative estimate of drug-likeness (QED) is 0.802. The van der Waals surface area contributed by atoms with Crippen LogP contribution in [0, 0.1) is 0 Å². The first-order chi connectivity index (χ1) is 14.8. The van der Waals surface area contributed by atoms with Gasteiger partial charge in [-0.1, -0.05) is 6.07 Å². The Balaban J connectivity index is 1.40. The molecule has 1 unspecified atom stereocenters. The lowest BCUT2D eigenvalue weighted by Crippen LogP contribution is -2.48. The van der Waals surface area contributed by atoms with Crippen molar-refractivity contribution >= 4 is 23.3 Å². The third kappa shape index (κ3) is 4.81. The van der Waals surface area contributed by atoms with Gasteiger partial charge in [-0.2, -0.15) is 13.2 Å². The normalized spacial score (nSPS) is 19.6. The van der Waals surface area contributed by atoms with Crippen LogP contribution in [0.25, 0.3) is 0 Å². The van der Waals surface area contributed by atoms with Crippen LogP contribution in [0.3, 0.4) is 0 Å². The zero-order chi connectivity index (χ0) is 22.0. The maximum absolute atomic E-state index is 12.8. The van der Waals surface area contributed by atoms with Crippen molar-refractivity contribution in [2.75, 3.05) is 29.4 Å². The van der Waals surface area contributed by atoms with Crippen LogP contribution in [-0.2, 0) is 11.0 Å². The predicted molar refractivity (Wildman–Crippen MR) is 110 cm³/mol. The highest BCUT2D eigenvalue weighted by Gasteiger charge is 2.31. The number of halogens is 3. The standard InChI is InChI=1S/C22H23F3N4O2/c23-22(24,25)16-8-9-19(26-13-16)28-10-2-5-17(14-28)27-21(31)15-4-1-6-18(12-15)29-11-3-7-20(29)30/h1,4,6,8-9,12-13,17H,2-3,5,7,10-11,14H2,(H,27,31). The Morgan fingerprint density at radius 3 is 2.65 bits per heavy atom. The summed E-state index contributed by atoms with van der Waals surface area (Å²) < 4.78 is 38.3. The number of nitrogens with one attached hydrogen (secondary N) is 1. The van der Waals surface area contributed by atoms with Crippen LogP contribution in [0.2, 0.25) is 0 Å². The van der Waals surface area contributed by atoms with Gasteiger partial charge in [0.1, 0.15) is 5.82 Å². The molecule has 0 radical (unpaired) electrons. The molecular weight excluding hydrogens is 409 g/mol. The molecule has 1 aromatic heterocycles. The molecule has 6 nitrogen and oxygen atoms in total. The zero-order valence-electron chi connectivity index (χ0n) is 16.9. The van der Waals surface area contributed by atoms with Crippen molar-refractivity contribution in [3.8, 4) is 0 Å². The number of carbonyl (C=O) groups excluding carboxylic acids is 2. The van der Waals surface area contributed by atoms with Gasteiger partial charge in [0.2, 0.25) is 5.91 Å². The Kier molecular flexibility index (Phi) is 5.84. The van der Waals surface area contributed by atoms with Crippen LogP contribution in [-0.4, -0.2) is 42.5 Å². The molecule has 0 bridgehead atoms. The number of nitrogens with zero attached hydrogens (tertiary/aromatic N) is 3. The van der Waals surface area contributed by atoms with E-state index >= 15 is 0 Å². The van der Waals surface area contributed by atoms with Crippen LogP contribution in [0.1, 0.15) is 41.6 Å². The van der Waals surface area contributed by atoms with Crippen LogP contribution in [0.5, 0.6) is 0 Å². The van der Waals surface area contributed by atoms with Crippen LogP contribution >= 0.6 is 0 Å². The first-order valence-electron chi connectivity index (χ1n) is 10.3. The summed E-state index contributed by atoms with van der Waals surface area (Å²) in [7, 11) is 0. The van der Waals surface area contributed by atoms with Crippen LogP contribution in [0.15, 0.2) is 42.6 Å². The van der Waals surface area contributed by atoms with E-state index in [1.54, 1.807) is 23.1 Å². The molecule has 2 aromatic rings. The molecule has 4 rings (SSSR count). The van der Waals surface area contributed by atoms with E-state index in [1.165, 1.54) is 6.07 Å². The van der Waals surface area contributed by atoms with Gasteiger partial charge in [-0.3, -0.25) is 9.59 Å². The van der Waals surface area contributed by atoms with E-state index in [1.807, 2.05) is 11.0 Å². The molecule has 2 amide bonds. The molecule has 2 saturated heterocycles. The van der Waals surface area contributed by atoms with E-state index in [2.05, 4.69) is 10.3 Å². The van der Waals surface area contributed by atoms with Gasteiger partial charge >= 0.3 is 6.18 Å². The van der Waals surface area contributed by atoms with Crippen molar-refractivity contribution in [1.29, 1.82) is 0 Å². The summed E-state index contributed by atoms with van der Waals surface area (Å²) in [5.74, 6) is 0.284. The number of amides is 2. The first kappa shape index (κ1) is 21.1. The Hall–Kier alpha value is -3.10. The minimum absolute atomic E-state index is 0.0597. The molecule has 1 N–H and O–H groups in total. The van der Waals surface area contributed by atoms with Gasteiger partial charge < -0.3 is 15.1 Å². The summed E-state index contributed by atoms with van der Waals surface area (Å²) in [5, 5.41) is 3.01. The summed E-state index contributed by atoms with van der Waals surface area (Å²) in [4.78, 5) is 32.3. The average molecular weight is 432 g/mol. The fourth-order valence-electron chi connectivity index (χ4n) is 4.05. The minimum Gasteiger partial charge on any atom is -0.355 e. The molecule has 1 aromatic carbocycles. The molecular formula is C22H23F3N4O2. The third-order valence-corrected chi connectivity index (χ3v) is 5.65. The number of hydrogen-bond donors (Lipinski definition) is 1. The Morgan fingerprint density at radius 1 is 1.13 bits per heavy atom. The number of pyridine rings is 1. The van der Waals surface area contributed by atoms with Crippen molar-refractivity contribution in [2.45, 2.75) is 37.9 Å². The molecule has 3 heterocycles. The van der Waals surface area contributed by atoms with E-state index < -0.39 is 11.7 Å². The van der Waals surface area contributed by atoms with Crippen molar-refractivity contribution in [3.05, 3.63) is 53.7 Å². The molecule has 9 heteroatoms. The number of alkyl halides is 3. The molecule has 2 aliphatic heterocycles. The fraction of sp³-hybridized carbons (Fsp3) is 0.409. The van der Waals surface area contributed by atoms with Crippen molar-refractivity contribution < 1.29 is 22.8 Å². The first-order valence-corrected chi connectivity index (χ1v) is 10.3. The number of aromatic nitrogens is 1. The number of benzene rings is 1. The SMILES string of the molecule is O=C(NC1CCCN(c2ccc(C(F)(F)F)cn2)C1)c1cccc(N2CCCC2=O)c1. The Morgan fingerprint density at radius 2 is 1.97 bits per heavy atom. The van der Waals surface area contributed by atoms with Gasteiger partial charge in [0.25, 0.3) is 5.91 Å². The van der Waals surface area contributed by atoms with Gasteiger partial charge in [0.15, 0.2) is 0 Å². The third-order valence-electron chi connectivity index (χ3n) is 5.65. The van der Waals surface area contributed by atoms with Gasteiger partial charge in [-0.15, -0.1) is 0 Å². The van der Waals surface area contributed by atoms with Gasteiger partial charge in [0.05, 0.1) is 5.56 Å². The minimum atomic E-state index is -4.42. The highest BCUT2D eigenvalue weighted by Crippen LogP contribution is 2.30. The largest absolute Gasteiger partial charge is 0.417 e. The lowest BCUT2D eigenvalue weighted by molar-refractivity contribution is -0.137. The smallest absolute Gasteiger partial charge is 0.355 e. The second kappa shape index (κ2) is 8.56. The van der Waals surface area contributed by atoms with Gasteiger partial charge in [-0.05, 0) is 49.6 Å². The predicted octanol–water partition coefficient (Wildman–Crippen LogP) is 3.63. The van der Waals surface area contributed by atoms with Crippen molar-refractivity contribution in [1.82, 2.24) is 10.3 Å². The number of rotatable bonds is 4. The monoisotopic (exact) mass is 432 g/mol. The van der Waals surface area contributed by atoms with E-state index in [4.69, 9.17) is 0 Å². The molecule has 0 saturated carbocycles. The summed E-state index contributed by atoms with van der Waals surface area (Å²) >= 11 is 0. The molecule has 164 valence electrons. The summed E-state index contributed by atoms with van der Waals surface area (Å²) in [6.07, 6.45) is -0.693. The second-order valence-electron chi connectivity index (χ2n) is 7.86. The van der Waals surface area contributed by atoms with Crippen LogP contribution in [0.4, 0.5) is 24.7 Å². The second-order valence-corrected chi connectivity index (χ2v) is 7.86. The van der Waals surface area contributed by atoms with E-state index in [0.717, 1.165) is 37.2 Å². The number of piperidine rings is 1. The lowest BCUT2D eigenvalue weighted by atomic mass is 10.0. The van der Waals surface area contributed by atoms with Crippen molar-refractivity contribution in [3.63, 3.8) is 0 Å². The molecule has 0 spiro atoms. The molecule has 1 atom stereocenters. The Bertz CT molecular complexity index is 962. The van der Waals surface area contributed by atoms with Gasteiger partial charge in [0, 0.05) is 49.5 Å². The molecule has 31 heavy (non-hydrogen) atoms. The topological polar surface area (TPSA) is 65.5 Å². The number of hydrogen-bond acceptors (Lipinski definition) is 4. The highest BCUT2D eigenvalue weighted by molar-refractivity contribution is 5.99. The average Bonchev–Trinajstić information content (AvgIpc) is 3.19. The lowest BCUT2D eigenvalue weighted by Gasteiger charge is -2.34. The number of carbonyl (C=O) groups is 2. The maximum Gasteiger partial charge on any atom is 0.417 e. The van der Waals surface area contributed by atoms with E-state index in [-0.39, 0.29) is 17.9 Å². The van der Waals surface area contributed by atoms with Gasteiger partial charge in [-0.25, -0.2) is 4.98 Å². The van der Waals surface area contributed by atoms with E-state index in [0.29, 0.717) is 37.4 Å². The fourth-order valence-corrected chi connectivity index (χ4v) is 4.05. The number of anilines is 2. The molecule has 0 aliphatic carbocycles. The molecule has 2 aliphatic rings.